The van der Waals surface area contributed by atoms with Crippen LogP contribution in [0, 0.1) is 0 Å². The Labute approximate surface area is 190 Å². The van der Waals surface area contributed by atoms with Gasteiger partial charge in [0, 0.05) is 48.3 Å². The predicted molar refractivity (Wildman–Crippen MR) is 119 cm³/mol. The lowest BCUT2D eigenvalue weighted by Gasteiger charge is -2.36. The zero-order valence-corrected chi connectivity index (χ0v) is 18.2. The summed E-state index contributed by atoms with van der Waals surface area (Å²) in [4.78, 5) is 41.4. The second-order valence-electron chi connectivity index (χ2n) is 7.67. The number of nitrogens with one attached hydrogen (secondary N) is 2. The first-order valence-corrected chi connectivity index (χ1v) is 10.8. The van der Waals surface area contributed by atoms with Crippen LogP contribution in [0.15, 0.2) is 48.5 Å². The first-order valence-electron chi connectivity index (χ1n) is 10.1. The van der Waals surface area contributed by atoms with Crippen LogP contribution in [0.25, 0.3) is 0 Å². The number of hydrogen-bond acceptors (Lipinski definition) is 4. The maximum atomic E-state index is 12.9. The van der Waals surface area contributed by atoms with Crippen LogP contribution in [0.3, 0.4) is 0 Å². The first-order chi connectivity index (χ1) is 14.9. The van der Waals surface area contributed by atoms with Crippen LogP contribution in [-0.4, -0.2) is 48.9 Å². The van der Waals surface area contributed by atoms with Crippen LogP contribution in [0.4, 0.5) is 10.5 Å². The van der Waals surface area contributed by atoms with E-state index in [2.05, 4.69) is 15.5 Å². The third-order valence-electron chi connectivity index (χ3n) is 5.80. The minimum absolute atomic E-state index is 0.0481. The molecule has 2 heterocycles. The fourth-order valence-electron chi connectivity index (χ4n) is 4.09. The molecule has 2 saturated heterocycles. The van der Waals surface area contributed by atoms with Crippen LogP contribution in [0.1, 0.15) is 18.4 Å². The highest BCUT2D eigenvalue weighted by atomic mass is 35.5. The molecule has 0 spiro atoms. The van der Waals surface area contributed by atoms with Crippen molar-refractivity contribution in [1.29, 1.82) is 0 Å². The molecule has 9 heteroatoms. The number of halogens is 2. The maximum Gasteiger partial charge on any atom is 0.322 e. The average Bonchev–Trinajstić information content (AvgIpc) is 3.06. The molecule has 0 aliphatic carbocycles. The van der Waals surface area contributed by atoms with E-state index in [1.165, 1.54) is 0 Å². The summed E-state index contributed by atoms with van der Waals surface area (Å²) in [7, 11) is 0. The van der Waals surface area contributed by atoms with E-state index in [9.17, 15) is 14.4 Å². The molecule has 0 bridgehead atoms. The summed E-state index contributed by atoms with van der Waals surface area (Å²) in [6.07, 6.45) is 0.299. The fourth-order valence-corrected chi connectivity index (χ4v) is 4.40. The van der Waals surface area contributed by atoms with E-state index in [1.807, 2.05) is 24.3 Å². The lowest BCUT2D eigenvalue weighted by Crippen LogP contribution is -2.50. The molecule has 2 aromatic carbocycles. The minimum atomic E-state index is -1.28. The van der Waals surface area contributed by atoms with Crippen LogP contribution < -0.4 is 15.5 Å². The van der Waals surface area contributed by atoms with E-state index in [1.54, 1.807) is 29.2 Å². The van der Waals surface area contributed by atoms with Crippen molar-refractivity contribution in [3.8, 4) is 0 Å². The van der Waals surface area contributed by atoms with Crippen molar-refractivity contribution in [2.45, 2.75) is 18.4 Å². The highest BCUT2D eigenvalue weighted by molar-refractivity contribution is 6.31. The quantitative estimate of drug-likeness (QED) is 0.671. The van der Waals surface area contributed by atoms with Gasteiger partial charge in [-0.3, -0.25) is 14.9 Å². The molecule has 0 radical (unpaired) electrons. The van der Waals surface area contributed by atoms with Gasteiger partial charge in [-0.15, -0.1) is 0 Å². The van der Waals surface area contributed by atoms with Crippen molar-refractivity contribution in [1.82, 2.24) is 15.5 Å². The highest BCUT2D eigenvalue weighted by Crippen LogP contribution is 2.31. The average molecular weight is 461 g/mol. The van der Waals surface area contributed by atoms with Gasteiger partial charge in [-0.25, -0.2) is 4.79 Å². The van der Waals surface area contributed by atoms with E-state index in [-0.39, 0.29) is 18.7 Å². The molecule has 4 rings (SSSR count). The van der Waals surface area contributed by atoms with Gasteiger partial charge in [0.1, 0.15) is 5.54 Å². The molecule has 2 aromatic rings. The van der Waals surface area contributed by atoms with Gasteiger partial charge in [-0.05, 0) is 42.3 Å². The Balaban J connectivity index is 1.40. The van der Waals surface area contributed by atoms with Gasteiger partial charge >= 0.3 is 6.03 Å². The van der Waals surface area contributed by atoms with Crippen LogP contribution in [0.5, 0.6) is 0 Å². The molecule has 0 saturated carbocycles. The van der Waals surface area contributed by atoms with Crippen molar-refractivity contribution in [3.63, 3.8) is 0 Å². The molecule has 2 aliphatic rings. The molecule has 2 N–H and O–H groups in total. The van der Waals surface area contributed by atoms with Crippen LogP contribution in [-0.2, 0) is 15.1 Å². The van der Waals surface area contributed by atoms with Crippen molar-refractivity contribution < 1.29 is 14.4 Å². The summed E-state index contributed by atoms with van der Waals surface area (Å²) >= 11 is 12.0. The van der Waals surface area contributed by atoms with Gasteiger partial charge in [0.25, 0.3) is 5.91 Å². The monoisotopic (exact) mass is 460 g/mol. The molecule has 4 amide bonds. The van der Waals surface area contributed by atoms with Gasteiger partial charge in [0.2, 0.25) is 5.91 Å². The fraction of sp³-hybridized carbons (Fsp3) is 0.318. The molecular formula is C22H22Cl2N4O3. The molecule has 0 aromatic heterocycles. The summed E-state index contributed by atoms with van der Waals surface area (Å²) in [5, 5.41) is 6.21. The number of amides is 4. The van der Waals surface area contributed by atoms with Gasteiger partial charge in [-0.1, -0.05) is 41.4 Å². The summed E-state index contributed by atoms with van der Waals surface area (Å²) in [5.74, 6) is -0.508. The Morgan fingerprint density at radius 3 is 2.29 bits per heavy atom. The van der Waals surface area contributed by atoms with Crippen molar-refractivity contribution in [2.75, 3.05) is 31.1 Å². The predicted octanol–water partition coefficient (Wildman–Crippen LogP) is 3.16. The lowest BCUT2D eigenvalue weighted by atomic mass is 9.85. The molecular weight excluding hydrogens is 439 g/mol. The number of piperazine rings is 1. The van der Waals surface area contributed by atoms with Crippen LogP contribution >= 0.6 is 23.2 Å². The third-order valence-corrected chi connectivity index (χ3v) is 6.29. The molecule has 1 unspecified atom stereocenters. The summed E-state index contributed by atoms with van der Waals surface area (Å²) in [6.45, 7) is 2.56. The van der Waals surface area contributed by atoms with Gasteiger partial charge in [0.05, 0.1) is 0 Å². The van der Waals surface area contributed by atoms with E-state index >= 15 is 0 Å². The zero-order chi connectivity index (χ0) is 22.0. The summed E-state index contributed by atoms with van der Waals surface area (Å²) in [6, 6.07) is 13.8. The lowest BCUT2D eigenvalue weighted by molar-refractivity contribution is -0.132. The number of nitrogens with zero attached hydrogens (tertiary/aromatic N) is 2. The Morgan fingerprint density at radius 1 is 0.968 bits per heavy atom. The van der Waals surface area contributed by atoms with E-state index in [0.29, 0.717) is 41.8 Å². The Kier molecular flexibility index (Phi) is 6.07. The maximum absolute atomic E-state index is 12.9. The van der Waals surface area contributed by atoms with E-state index in [4.69, 9.17) is 23.2 Å². The normalized spacial score (nSPS) is 21.1. The van der Waals surface area contributed by atoms with Crippen molar-refractivity contribution in [2.24, 2.45) is 0 Å². The second-order valence-corrected chi connectivity index (χ2v) is 8.54. The minimum Gasteiger partial charge on any atom is -0.368 e. The van der Waals surface area contributed by atoms with Gasteiger partial charge in [-0.2, -0.15) is 0 Å². The molecule has 7 nitrogen and oxygen atoms in total. The van der Waals surface area contributed by atoms with Gasteiger partial charge in [0.15, 0.2) is 0 Å². The SMILES string of the molecule is O=C1NC(=O)C(CCC(=O)N2CCN(c3cccc(Cl)c3)CC2)(c2ccc(Cl)cc2)N1. The molecule has 1 atom stereocenters. The van der Waals surface area contributed by atoms with Crippen molar-refractivity contribution >= 4 is 46.7 Å². The molecule has 31 heavy (non-hydrogen) atoms. The third kappa shape index (κ3) is 4.48. The molecule has 162 valence electrons. The first kappa shape index (κ1) is 21.5. The highest BCUT2D eigenvalue weighted by Gasteiger charge is 2.47. The topological polar surface area (TPSA) is 81.8 Å². The summed E-state index contributed by atoms with van der Waals surface area (Å²) in [5.41, 5.74) is 0.352. The number of carbonyl (C=O) groups excluding carboxylic acids is 3. The number of hydrogen-bond donors (Lipinski definition) is 2. The number of rotatable bonds is 5. The van der Waals surface area contributed by atoms with Crippen LogP contribution in [0.2, 0.25) is 10.0 Å². The summed E-state index contributed by atoms with van der Waals surface area (Å²) < 4.78 is 0. The molecule has 2 aliphatic heterocycles. The van der Waals surface area contributed by atoms with E-state index in [0.717, 1.165) is 5.69 Å². The Morgan fingerprint density at radius 2 is 1.68 bits per heavy atom. The zero-order valence-electron chi connectivity index (χ0n) is 16.7. The van der Waals surface area contributed by atoms with Gasteiger partial charge < -0.3 is 15.1 Å². The second kappa shape index (κ2) is 8.77. The smallest absolute Gasteiger partial charge is 0.322 e. The van der Waals surface area contributed by atoms with Crippen molar-refractivity contribution in [3.05, 3.63) is 64.1 Å². The number of anilines is 1. The number of urea groups is 1. The van der Waals surface area contributed by atoms with E-state index < -0.39 is 17.5 Å². The number of carbonyl (C=O) groups is 3. The Hall–Kier alpha value is -2.77. The Bertz CT molecular complexity index is 1010. The standard InChI is InChI=1S/C22H22Cl2N4O3/c23-16-6-4-15(5-7-16)22(20(30)25-21(31)26-22)9-8-19(29)28-12-10-27(11-13-28)18-3-1-2-17(24)14-18/h1-7,14H,8-13H2,(H2,25,26,30,31). The number of imide groups is 1. The largest absolute Gasteiger partial charge is 0.368 e. The molecule has 2 fully saturated rings. The number of benzene rings is 2.